The predicted octanol–water partition coefficient (Wildman–Crippen LogP) is 2.09. The number of nitrogens with one attached hydrogen (secondary N) is 1. The van der Waals surface area contributed by atoms with Gasteiger partial charge in [-0.15, -0.1) is 0 Å². The van der Waals surface area contributed by atoms with Gasteiger partial charge >= 0.3 is 0 Å². The highest BCUT2D eigenvalue weighted by Gasteiger charge is 2.18. The number of rotatable bonds is 5. The summed E-state index contributed by atoms with van der Waals surface area (Å²) in [6.07, 6.45) is 1.01. The number of amides is 1. The topological polar surface area (TPSA) is 38.3 Å². The van der Waals surface area contributed by atoms with Crippen molar-refractivity contribution in [3.8, 4) is 0 Å². The number of hydrogen-bond acceptors (Lipinski definition) is 2. The highest BCUT2D eigenvalue weighted by atomic mass is 19.2. The molecule has 1 rings (SSSR count). The van der Waals surface area contributed by atoms with Crippen LogP contribution >= 0.6 is 0 Å². The van der Waals surface area contributed by atoms with Gasteiger partial charge in [-0.05, 0) is 23.8 Å². The van der Waals surface area contributed by atoms with Gasteiger partial charge in [0.05, 0.1) is 12.6 Å². The molecule has 1 amide bonds. The largest absolute Gasteiger partial charge is 0.382 e. The molecule has 0 fully saturated rings. The Hall–Kier alpha value is -1.82. The van der Waals surface area contributed by atoms with E-state index in [0.717, 1.165) is 18.2 Å². The van der Waals surface area contributed by atoms with Crippen LogP contribution in [0, 0.1) is 17.5 Å². The fourth-order valence-corrected chi connectivity index (χ4v) is 1.39. The first kappa shape index (κ1) is 14.2. The summed E-state index contributed by atoms with van der Waals surface area (Å²) in [7, 11) is 1.36. The minimum absolute atomic E-state index is 0.00983. The summed E-state index contributed by atoms with van der Waals surface area (Å²) in [6.45, 7) is 3.25. The molecule has 0 saturated carbocycles. The monoisotopic (exact) mass is 259 g/mol. The maximum absolute atomic E-state index is 13.1. The fourth-order valence-electron chi connectivity index (χ4n) is 1.39. The Morgan fingerprint density at radius 1 is 1.44 bits per heavy atom. The van der Waals surface area contributed by atoms with Gasteiger partial charge in [0, 0.05) is 7.11 Å². The van der Waals surface area contributed by atoms with Crippen LogP contribution in [-0.2, 0) is 9.53 Å². The Morgan fingerprint density at radius 2 is 2.00 bits per heavy atom. The molecule has 0 aliphatic heterocycles. The predicted molar refractivity (Wildman–Crippen MR) is 59.3 cm³/mol. The summed E-state index contributed by atoms with van der Waals surface area (Å²) in [5.41, 5.74) is 0.0726. The summed E-state index contributed by atoms with van der Waals surface area (Å²) in [4.78, 5) is 11.2. The van der Waals surface area contributed by atoms with E-state index in [2.05, 4.69) is 11.9 Å². The molecule has 3 nitrogen and oxygen atoms in total. The number of hydrogen-bond donors (Lipinski definition) is 1. The lowest BCUT2D eigenvalue weighted by Crippen LogP contribution is -2.30. The number of carbonyl (C=O) groups excluding carboxylic acids is 1. The molecule has 98 valence electrons. The van der Waals surface area contributed by atoms with E-state index in [1.54, 1.807) is 0 Å². The maximum Gasteiger partial charge on any atom is 0.243 e. The van der Waals surface area contributed by atoms with Crippen LogP contribution in [0.15, 0.2) is 24.8 Å². The fraction of sp³-hybridized carbons (Fsp3) is 0.250. The summed E-state index contributed by atoms with van der Waals surface area (Å²) >= 11 is 0. The van der Waals surface area contributed by atoms with E-state index in [-0.39, 0.29) is 12.2 Å². The molecule has 1 aromatic rings. The van der Waals surface area contributed by atoms with Gasteiger partial charge in [-0.1, -0.05) is 6.58 Å². The number of carbonyl (C=O) groups is 1. The average molecular weight is 259 g/mol. The first-order valence-corrected chi connectivity index (χ1v) is 5.06. The second-order valence-electron chi connectivity index (χ2n) is 3.52. The molecule has 0 saturated heterocycles. The normalized spacial score (nSPS) is 12.0. The molecule has 0 aliphatic carbocycles. The van der Waals surface area contributed by atoms with Crippen LogP contribution in [0.1, 0.15) is 11.6 Å². The summed E-state index contributed by atoms with van der Waals surface area (Å²) in [5.74, 6) is -4.72. The smallest absolute Gasteiger partial charge is 0.243 e. The second-order valence-corrected chi connectivity index (χ2v) is 3.52. The first-order valence-electron chi connectivity index (χ1n) is 5.06. The Balaban J connectivity index is 3.05. The molecule has 6 heteroatoms. The van der Waals surface area contributed by atoms with Crippen molar-refractivity contribution in [2.75, 3.05) is 13.7 Å². The number of ether oxygens (including phenoxy) is 1. The lowest BCUT2D eigenvalue weighted by molar-refractivity contribution is -0.117. The van der Waals surface area contributed by atoms with Crippen LogP contribution in [0.2, 0.25) is 0 Å². The van der Waals surface area contributed by atoms with Gasteiger partial charge in [0.1, 0.15) is 0 Å². The van der Waals surface area contributed by atoms with Gasteiger partial charge in [-0.25, -0.2) is 13.2 Å². The van der Waals surface area contributed by atoms with E-state index in [1.807, 2.05) is 0 Å². The molecule has 0 aliphatic rings. The van der Waals surface area contributed by atoms with Crippen molar-refractivity contribution in [1.29, 1.82) is 0 Å². The third-order valence-electron chi connectivity index (χ3n) is 2.24. The van der Waals surface area contributed by atoms with Crippen molar-refractivity contribution in [2.45, 2.75) is 6.04 Å². The van der Waals surface area contributed by atoms with Crippen LogP contribution in [0.5, 0.6) is 0 Å². The highest BCUT2D eigenvalue weighted by molar-refractivity contribution is 5.87. The first-order chi connectivity index (χ1) is 8.49. The summed E-state index contributed by atoms with van der Waals surface area (Å²) in [5, 5.41) is 2.42. The number of benzene rings is 1. The third-order valence-corrected chi connectivity index (χ3v) is 2.24. The van der Waals surface area contributed by atoms with Crippen molar-refractivity contribution in [2.24, 2.45) is 0 Å². The lowest BCUT2D eigenvalue weighted by Gasteiger charge is -2.17. The summed E-state index contributed by atoms with van der Waals surface area (Å²) < 4.78 is 43.8. The van der Waals surface area contributed by atoms with Gasteiger partial charge in [0.15, 0.2) is 17.5 Å². The molecule has 0 bridgehead atoms. The van der Waals surface area contributed by atoms with E-state index in [4.69, 9.17) is 4.74 Å². The molecular formula is C12H12F3NO2. The molecule has 1 atom stereocenters. The molecule has 0 heterocycles. The average Bonchev–Trinajstić information content (AvgIpc) is 2.34. The van der Waals surface area contributed by atoms with Crippen LogP contribution in [0.4, 0.5) is 13.2 Å². The zero-order chi connectivity index (χ0) is 13.7. The minimum Gasteiger partial charge on any atom is -0.382 e. The van der Waals surface area contributed by atoms with Crippen molar-refractivity contribution in [3.63, 3.8) is 0 Å². The molecule has 1 aromatic carbocycles. The molecular weight excluding hydrogens is 247 g/mol. The van der Waals surface area contributed by atoms with Crippen molar-refractivity contribution in [3.05, 3.63) is 47.8 Å². The molecule has 0 radical (unpaired) electrons. The van der Waals surface area contributed by atoms with Gasteiger partial charge in [0.25, 0.3) is 0 Å². The maximum atomic E-state index is 13.1. The van der Waals surface area contributed by atoms with Gasteiger partial charge in [-0.3, -0.25) is 4.79 Å². The standard InChI is InChI=1S/C12H12F3NO2/c1-3-11(17)16-10(6-18-2)7-4-8(13)12(15)9(14)5-7/h3-5,10H,1,6H2,2H3,(H,16,17). The Kier molecular flexibility index (Phi) is 4.91. The van der Waals surface area contributed by atoms with E-state index in [1.165, 1.54) is 7.11 Å². The minimum atomic E-state index is -1.55. The quantitative estimate of drug-likeness (QED) is 0.649. The van der Waals surface area contributed by atoms with Crippen LogP contribution in [0.25, 0.3) is 0 Å². The molecule has 0 aromatic heterocycles. The highest BCUT2D eigenvalue weighted by Crippen LogP contribution is 2.19. The zero-order valence-corrected chi connectivity index (χ0v) is 9.67. The Bertz CT molecular complexity index is 440. The second kappa shape index (κ2) is 6.20. The van der Waals surface area contributed by atoms with E-state index in [9.17, 15) is 18.0 Å². The van der Waals surface area contributed by atoms with Gasteiger partial charge in [-0.2, -0.15) is 0 Å². The Labute approximate surface area is 102 Å². The molecule has 0 spiro atoms. The molecule has 18 heavy (non-hydrogen) atoms. The van der Waals surface area contributed by atoms with Crippen LogP contribution in [0.3, 0.4) is 0 Å². The van der Waals surface area contributed by atoms with Crippen LogP contribution in [-0.4, -0.2) is 19.6 Å². The van der Waals surface area contributed by atoms with Crippen LogP contribution < -0.4 is 5.32 Å². The third kappa shape index (κ3) is 3.33. The lowest BCUT2D eigenvalue weighted by atomic mass is 10.1. The molecule has 1 N–H and O–H groups in total. The van der Waals surface area contributed by atoms with E-state index >= 15 is 0 Å². The molecule has 1 unspecified atom stereocenters. The number of halogens is 3. The van der Waals surface area contributed by atoms with Crippen molar-refractivity contribution in [1.82, 2.24) is 5.32 Å². The zero-order valence-electron chi connectivity index (χ0n) is 9.67. The van der Waals surface area contributed by atoms with E-state index < -0.39 is 29.4 Å². The van der Waals surface area contributed by atoms with Gasteiger partial charge in [0.2, 0.25) is 5.91 Å². The Morgan fingerprint density at radius 3 is 2.44 bits per heavy atom. The van der Waals surface area contributed by atoms with Crippen molar-refractivity contribution >= 4 is 5.91 Å². The summed E-state index contributed by atoms with van der Waals surface area (Å²) in [6, 6.07) is 0.835. The number of methoxy groups -OCH3 is 1. The van der Waals surface area contributed by atoms with Gasteiger partial charge < -0.3 is 10.1 Å². The van der Waals surface area contributed by atoms with Crippen molar-refractivity contribution < 1.29 is 22.7 Å². The van der Waals surface area contributed by atoms with E-state index in [0.29, 0.717) is 0 Å². The SMILES string of the molecule is C=CC(=O)NC(COC)c1cc(F)c(F)c(F)c1.